The van der Waals surface area contributed by atoms with Gasteiger partial charge < -0.3 is 9.47 Å². The Morgan fingerprint density at radius 2 is 1.81 bits per heavy atom. The predicted octanol–water partition coefficient (Wildman–Crippen LogP) is 2.94. The Bertz CT molecular complexity index is 941. The van der Waals surface area contributed by atoms with Crippen LogP contribution in [0, 0.1) is 12.7 Å². The Kier molecular flexibility index (Phi) is 4.90. The maximum absolute atomic E-state index is 13.5. The number of carbonyl (C=O) groups excluding carboxylic acids is 1. The van der Waals surface area contributed by atoms with Crippen molar-refractivity contribution in [2.45, 2.75) is 13.5 Å². The summed E-state index contributed by atoms with van der Waals surface area (Å²) in [6.45, 7) is 6.91. The van der Waals surface area contributed by atoms with Crippen LogP contribution in [0.15, 0.2) is 48.8 Å². The summed E-state index contributed by atoms with van der Waals surface area (Å²) in [5.74, 6) is -0.336. The summed E-state index contributed by atoms with van der Waals surface area (Å²) in [5, 5.41) is 0.710. The van der Waals surface area contributed by atoms with Crippen molar-refractivity contribution in [3.63, 3.8) is 0 Å². The number of aryl methyl sites for hydroxylation is 1. The molecule has 4 rings (SSSR count). The molecule has 5 nitrogen and oxygen atoms in total. The van der Waals surface area contributed by atoms with E-state index in [-0.39, 0.29) is 11.7 Å². The highest BCUT2D eigenvalue weighted by atomic mass is 19.1. The third-order valence-electron chi connectivity index (χ3n) is 5.13. The van der Waals surface area contributed by atoms with Crippen LogP contribution in [-0.4, -0.2) is 58.0 Å². The first-order valence-electron chi connectivity index (χ1n) is 9.29. The van der Waals surface area contributed by atoms with Gasteiger partial charge in [0.05, 0.1) is 11.1 Å². The number of nitrogens with zero attached hydrogens (tertiary/aromatic N) is 4. The molecule has 1 aliphatic rings. The van der Waals surface area contributed by atoms with E-state index in [1.165, 1.54) is 12.1 Å². The second-order valence-electron chi connectivity index (χ2n) is 7.03. The molecule has 1 saturated heterocycles. The Labute approximate surface area is 158 Å². The van der Waals surface area contributed by atoms with Crippen molar-refractivity contribution < 1.29 is 9.18 Å². The first-order valence-corrected chi connectivity index (χ1v) is 9.29. The van der Waals surface area contributed by atoms with E-state index in [0.717, 1.165) is 31.9 Å². The van der Waals surface area contributed by atoms with Crippen LogP contribution < -0.4 is 0 Å². The van der Waals surface area contributed by atoms with E-state index in [1.807, 2.05) is 24.0 Å². The number of piperazine rings is 1. The zero-order valence-electron chi connectivity index (χ0n) is 15.4. The fraction of sp³-hybridized carbons (Fsp3) is 0.333. The monoisotopic (exact) mass is 366 g/mol. The van der Waals surface area contributed by atoms with E-state index in [1.54, 1.807) is 12.1 Å². The fourth-order valence-corrected chi connectivity index (χ4v) is 3.63. The smallest absolute Gasteiger partial charge is 0.254 e. The summed E-state index contributed by atoms with van der Waals surface area (Å²) < 4.78 is 15.7. The normalized spacial score (nSPS) is 15.4. The van der Waals surface area contributed by atoms with E-state index in [0.29, 0.717) is 29.6 Å². The summed E-state index contributed by atoms with van der Waals surface area (Å²) in [6.07, 6.45) is 4.14. The van der Waals surface area contributed by atoms with Gasteiger partial charge in [-0.25, -0.2) is 4.39 Å². The highest BCUT2D eigenvalue weighted by Crippen LogP contribution is 2.21. The molecule has 0 N–H and O–H groups in total. The molecule has 0 spiro atoms. The Balaban J connectivity index is 1.44. The fourth-order valence-electron chi connectivity index (χ4n) is 3.63. The average Bonchev–Trinajstić information content (AvgIpc) is 3.19. The third kappa shape index (κ3) is 3.85. The molecule has 0 bridgehead atoms. The lowest BCUT2D eigenvalue weighted by Gasteiger charge is -2.35. The van der Waals surface area contributed by atoms with Gasteiger partial charge in [-0.3, -0.25) is 14.7 Å². The van der Waals surface area contributed by atoms with E-state index in [9.17, 15) is 9.18 Å². The highest BCUT2D eigenvalue weighted by molar-refractivity contribution is 6.06. The summed E-state index contributed by atoms with van der Waals surface area (Å²) >= 11 is 0. The largest absolute Gasteiger partial charge is 0.353 e. The van der Waals surface area contributed by atoms with Gasteiger partial charge in [0.2, 0.25) is 0 Å². The number of rotatable bonds is 4. The van der Waals surface area contributed by atoms with Crippen LogP contribution in [-0.2, 0) is 6.54 Å². The minimum absolute atomic E-state index is 0.00201. The molecule has 1 aliphatic heterocycles. The number of halogens is 1. The molecule has 0 saturated carbocycles. The Morgan fingerprint density at radius 1 is 1.07 bits per heavy atom. The third-order valence-corrected chi connectivity index (χ3v) is 5.13. The van der Waals surface area contributed by atoms with Gasteiger partial charge >= 0.3 is 0 Å². The predicted molar refractivity (Wildman–Crippen MR) is 103 cm³/mol. The molecule has 0 aliphatic carbocycles. The van der Waals surface area contributed by atoms with Crippen LogP contribution in [0.1, 0.15) is 16.1 Å². The lowest BCUT2D eigenvalue weighted by Crippen LogP contribution is -2.49. The first kappa shape index (κ1) is 17.7. The maximum Gasteiger partial charge on any atom is 0.254 e. The SMILES string of the molecule is Cc1cc(C(=O)N2CCN(CCn3cccc3)CC2)c2ccc(F)cc2n1. The van der Waals surface area contributed by atoms with Crippen LogP contribution in [0.3, 0.4) is 0 Å². The van der Waals surface area contributed by atoms with E-state index >= 15 is 0 Å². The molecule has 2 aromatic heterocycles. The second kappa shape index (κ2) is 7.48. The van der Waals surface area contributed by atoms with Gasteiger partial charge in [-0.05, 0) is 37.3 Å². The molecule has 1 fully saturated rings. The lowest BCUT2D eigenvalue weighted by molar-refractivity contribution is 0.0635. The number of carbonyl (C=O) groups is 1. The second-order valence-corrected chi connectivity index (χ2v) is 7.03. The van der Waals surface area contributed by atoms with Gasteiger partial charge in [-0.15, -0.1) is 0 Å². The summed E-state index contributed by atoms with van der Waals surface area (Å²) in [7, 11) is 0. The molecule has 3 heterocycles. The summed E-state index contributed by atoms with van der Waals surface area (Å²) in [6, 6.07) is 10.3. The Hall–Kier alpha value is -2.73. The quantitative estimate of drug-likeness (QED) is 0.713. The molecule has 0 unspecified atom stereocenters. The number of pyridine rings is 1. The van der Waals surface area contributed by atoms with Crippen LogP contribution in [0.4, 0.5) is 4.39 Å². The standard InChI is InChI=1S/C21H23FN4O/c1-16-14-19(18-5-4-17(22)15-20(18)23-16)21(27)26-12-10-25(11-13-26)9-8-24-6-2-3-7-24/h2-7,14-15H,8-13H2,1H3. The molecule has 1 aromatic carbocycles. The number of fused-ring (bicyclic) bond motifs is 1. The molecule has 140 valence electrons. The van der Waals surface area contributed by atoms with E-state index in [2.05, 4.69) is 26.8 Å². The number of hydrogen-bond donors (Lipinski definition) is 0. The minimum Gasteiger partial charge on any atom is -0.353 e. The van der Waals surface area contributed by atoms with Gasteiger partial charge in [-0.1, -0.05) is 0 Å². The average molecular weight is 366 g/mol. The van der Waals surface area contributed by atoms with Gasteiger partial charge in [0, 0.05) is 68.8 Å². The van der Waals surface area contributed by atoms with Gasteiger partial charge in [-0.2, -0.15) is 0 Å². The zero-order chi connectivity index (χ0) is 18.8. The zero-order valence-corrected chi connectivity index (χ0v) is 15.4. The van der Waals surface area contributed by atoms with E-state index < -0.39 is 0 Å². The molecular formula is C21H23FN4O. The highest BCUT2D eigenvalue weighted by Gasteiger charge is 2.23. The number of aromatic nitrogens is 2. The van der Waals surface area contributed by atoms with Crippen molar-refractivity contribution in [2.75, 3.05) is 32.7 Å². The molecule has 1 amide bonds. The summed E-state index contributed by atoms with van der Waals surface area (Å²) in [4.78, 5) is 21.7. The van der Waals surface area contributed by atoms with Crippen LogP contribution in [0.2, 0.25) is 0 Å². The number of benzene rings is 1. The van der Waals surface area contributed by atoms with Crippen molar-refractivity contribution in [1.82, 2.24) is 19.4 Å². The summed E-state index contributed by atoms with van der Waals surface area (Å²) in [5.41, 5.74) is 1.86. The molecule has 27 heavy (non-hydrogen) atoms. The molecule has 6 heteroatoms. The number of amides is 1. The molecular weight excluding hydrogens is 343 g/mol. The van der Waals surface area contributed by atoms with Crippen molar-refractivity contribution in [3.05, 3.63) is 65.9 Å². The number of hydrogen-bond acceptors (Lipinski definition) is 3. The lowest BCUT2D eigenvalue weighted by atomic mass is 10.1. The minimum atomic E-state index is -0.338. The van der Waals surface area contributed by atoms with Crippen molar-refractivity contribution >= 4 is 16.8 Å². The van der Waals surface area contributed by atoms with Crippen LogP contribution in [0.25, 0.3) is 10.9 Å². The van der Waals surface area contributed by atoms with Gasteiger partial charge in [0.25, 0.3) is 5.91 Å². The Morgan fingerprint density at radius 3 is 2.56 bits per heavy atom. The molecule has 0 atom stereocenters. The molecule has 3 aromatic rings. The van der Waals surface area contributed by atoms with Crippen LogP contribution in [0.5, 0.6) is 0 Å². The van der Waals surface area contributed by atoms with Crippen LogP contribution >= 0.6 is 0 Å². The van der Waals surface area contributed by atoms with Gasteiger partial charge in [0.15, 0.2) is 0 Å². The van der Waals surface area contributed by atoms with Crippen molar-refractivity contribution in [1.29, 1.82) is 0 Å². The maximum atomic E-state index is 13.5. The first-order chi connectivity index (χ1) is 13.1. The topological polar surface area (TPSA) is 41.4 Å². The van der Waals surface area contributed by atoms with E-state index in [4.69, 9.17) is 0 Å². The van der Waals surface area contributed by atoms with Crippen molar-refractivity contribution in [3.8, 4) is 0 Å². The van der Waals surface area contributed by atoms with Gasteiger partial charge in [0.1, 0.15) is 5.82 Å². The van der Waals surface area contributed by atoms with Crippen molar-refractivity contribution in [2.24, 2.45) is 0 Å². The molecule has 0 radical (unpaired) electrons.